The smallest absolute Gasteiger partial charge is 0.330 e. The van der Waals surface area contributed by atoms with Crippen molar-refractivity contribution in [2.24, 2.45) is 10.8 Å². The van der Waals surface area contributed by atoms with E-state index in [4.69, 9.17) is 13.9 Å². The van der Waals surface area contributed by atoms with Crippen LogP contribution in [0.2, 0.25) is 18.1 Å². The second kappa shape index (κ2) is 11.6. The first-order valence-electron chi connectivity index (χ1n) is 16.1. The fraction of sp³-hybridized carbons (Fsp3) is 0.750. The monoisotopic (exact) mass is 646 g/mol. The van der Waals surface area contributed by atoms with Crippen LogP contribution in [0.5, 0.6) is 0 Å². The largest absolute Gasteiger partial charge is 0.411 e. The van der Waals surface area contributed by atoms with Crippen LogP contribution in [0.25, 0.3) is 0 Å². The maximum Gasteiger partial charge on any atom is 0.330 e. The normalized spacial score (nSPS) is 30.1. The van der Waals surface area contributed by atoms with E-state index in [9.17, 15) is 24.3 Å². The van der Waals surface area contributed by atoms with Gasteiger partial charge in [-0.1, -0.05) is 34.6 Å². The Bertz CT molecular complexity index is 1660. The maximum absolute atomic E-state index is 12.3. The third-order valence-electron chi connectivity index (χ3n) is 10.8. The van der Waals surface area contributed by atoms with E-state index in [2.05, 4.69) is 57.7 Å². The number of hydrogen-bond acceptors (Lipinski definition) is 8. The number of aliphatic hydroxyl groups excluding tert-OH is 1. The van der Waals surface area contributed by atoms with Gasteiger partial charge in [0.15, 0.2) is 8.32 Å². The zero-order valence-corrected chi connectivity index (χ0v) is 29.1. The second-order valence-corrected chi connectivity index (χ2v) is 20.5. The number of aromatic nitrogens is 4. The number of ether oxygens (including phenoxy) is 2. The van der Waals surface area contributed by atoms with Crippen molar-refractivity contribution in [2.45, 2.75) is 142 Å². The molecule has 4 aliphatic rings. The molecule has 2 saturated heterocycles. The molecule has 0 aromatic carbocycles. The summed E-state index contributed by atoms with van der Waals surface area (Å²) in [6.45, 7) is 18.9. The van der Waals surface area contributed by atoms with Gasteiger partial charge in [0.2, 0.25) is 0 Å². The summed E-state index contributed by atoms with van der Waals surface area (Å²) in [5.74, 6) is 0. The molecule has 6 atom stereocenters. The molecule has 2 aliphatic carbocycles. The summed E-state index contributed by atoms with van der Waals surface area (Å²) >= 11 is 0. The number of aryl methyl sites for hydroxylation is 2. The van der Waals surface area contributed by atoms with Gasteiger partial charge in [-0.3, -0.25) is 28.7 Å². The summed E-state index contributed by atoms with van der Waals surface area (Å²) in [7, 11) is -1.95. The fourth-order valence-electron chi connectivity index (χ4n) is 6.11. The quantitative estimate of drug-likeness (QED) is 0.402. The van der Waals surface area contributed by atoms with Crippen molar-refractivity contribution in [2.75, 3.05) is 0 Å². The first kappa shape index (κ1) is 33.8. The highest BCUT2D eigenvalue weighted by Gasteiger charge is 2.56. The Kier molecular flexibility index (Phi) is 8.69. The van der Waals surface area contributed by atoms with Gasteiger partial charge >= 0.3 is 11.4 Å². The first-order chi connectivity index (χ1) is 20.7. The van der Waals surface area contributed by atoms with E-state index in [1.807, 2.05) is 0 Å². The minimum atomic E-state index is -1.95. The topological polar surface area (TPSA) is 158 Å². The molecular formula is C32H50N4O8Si. The van der Waals surface area contributed by atoms with E-state index in [0.717, 1.165) is 25.7 Å². The fourth-order valence-corrected chi connectivity index (χ4v) is 7.44. The van der Waals surface area contributed by atoms with Crippen molar-refractivity contribution in [3.8, 4) is 0 Å². The third-order valence-corrected chi connectivity index (χ3v) is 15.3. The number of H-pyrrole nitrogens is 2. The number of aliphatic hydroxyl groups is 1. The number of hydrogen-bond donors (Lipinski definition) is 3. The molecule has 0 amide bonds. The van der Waals surface area contributed by atoms with E-state index < -0.39 is 38.3 Å². The molecule has 3 N–H and O–H groups in total. The van der Waals surface area contributed by atoms with E-state index in [-0.39, 0.29) is 45.3 Å². The van der Waals surface area contributed by atoms with Crippen LogP contribution >= 0.6 is 0 Å². The average Bonchev–Trinajstić information content (AvgIpc) is 3.77. The molecule has 0 spiro atoms. The molecule has 13 heteroatoms. The number of nitrogens with zero attached hydrogens (tertiary/aromatic N) is 2. The van der Waals surface area contributed by atoms with Crippen molar-refractivity contribution in [3.05, 3.63) is 65.2 Å². The molecule has 4 heterocycles. The molecule has 0 radical (unpaired) electrons. The average molecular weight is 647 g/mol. The van der Waals surface area contributed by atoms with Gasteiger partial charge in [0.05, 0.1) is 24.4 Å². The molecular weight excluding hydrogens is 596 g/mol. The summed E-state index contributed by atoms with van der Waals surface area (Å²) in [4.78, 5) is 51.8. The molecule has 2 saturated carbocycles. The van der Waals surface area contributed by atoms with Crippen LogP contribution in [0.3, 0.4) is 0 Å². The van der Waals surface area contributed by atoms with Crippen LogP contribution in [0, 0.1) is 24.7 Å². The lowest BCUT2D eigenvalue weighted by atomic mass is 9.97. The zero-order valence-electron chi connectivity index (χ0n) is 28.1. The molecule has 2 aromatic rings. The minimum Gasteiger partial charge on any atom is -0.411 e. The van der Waals surface area contributed by atoms with Crippen LogP contribution in [-0.4, -0.2) is 56.9 Å². The predicted molar refractivity (Wildman–Crippen MR) is 172 cm³/mol. The van der Waals surface area contributed by atoms with E-state index in [0.29, 0.717) is 24.0 Å². The number of nitrogens with one attached hydrogen (secondary N) is 2. The van der Waals surface area contributed by atoms with Crippen LogP contribution in [0.15, 0.2) is 31.6 Å². The Morgan fingerprint density at radius 1 is 0.822 bits per heavy atom. The standard InChI is InChI=1S/C19H32N2O4Si.C13H18N2O4/c1-12-11-21(17(23)20-16(12)22)14-10-13(15(24-14)19(5)8-9-19)25-26(6,7)18(2,3)4;1-7-6-15(12(18)14-11(7)17)9-5-8(16)10(19-9)13(2)3-4-13/h11,13-15H,8-10H2,1-7H3,(H,20,22,23);6,8-10,16H,3-5H2,1-2H3,(H,14,17,18)/t13?,14-,15+;8?,9-,10+/m11/s1. The van der Waals surface area contributed by atoms with Crippen molar-refractivity contribution in [1.29, 1.82) is 0 Å². The highest BCUT2D eigenvalue weighted by Crippen LogP contribution is 2.56. The first-order valence-corrected chi connectivity index (χ1v) is 19.0. The SMILES string of the molecule is Cc1cn([C@H]2CC(O)[C@@H](C3(C)CC3)O2)c(=O)[nH]c1=O.Cc1cn([C@H]2CC(O[Si](C)(C)C(C)(C)C)[C@@H](C3(C)CC3)O2)c(=O)[nH]c1=O. The molecule has 12 nitrogen and oxygen atoms in total. The second-order valence-electron chi connectivity index (χ2n) is 15.7. The molecule has 2 unspecified atom stereocenters. The number of aromatic amines is 2. The molecule has 2 aliphatic heterocycles. The van der Waals surface area contributed by atoms with Gasteiger partial charge in [-0.2, -0.15) is 0 Å². The van der Waals surface area contributed by atoms with Gasteiger partial charge in [0.1, 0.15) is 12.5 Å². The molecule has 4 fully saturated rings. The Labute approximate surface area is 264 Å². The highest BCUT2D eigenvalue weighted by atomic mass is 28.4. The summed E-state index contributed by atoms with van der Waals surface area (Å²) in [5.41, 5.74) is -0.505. The molecule has 250 valence electrons. The van der Waals surface area contributed by atoms with Crippen LogP contribution < -0.4 is 22.5 Å². The van der Waals surface area contributed by atoms with Crippen molar-refractivity contribution < 1.29 is 19.0 Å². The van der Waals surface area contributed by atoms with Crippen LogP contribution in [-0.2, 0) is 13.9 Å². The van der Waals surface area contributed by atoms with Gasteiger partial charge in [-0.15, -0.1) is 0 Å². The maximum atomic E-state index is 12.3. The van der Waals surface area contributed by atoms with Crippen molar-refractivity contribution in [3.63, 3.8) is 0 Å². The molecule has 45 heavy (non-hydrogen) atoms. The molecule has 6 rings (SSSR count). The lowest BCUT2D eigenvalue weighted by molar-refractivity contribution is -0.0545. The molecule has 2 aromatic heterocycles. The summed E-state index contributed by atoms with van der Waals surface area (Å²) < 4.78 is 21.8. The van der Waals surface area contributed by atoms with Crippen molar-refractivity contribution in [1.82, 2.24) is 19.1 Å². The number of rotatable bonds is 6. The Morgan fingerprint density at radius 3 is 1.69 bits per heavy atom. The third kappa shape index (κ3) is 6.78. The predicted octanol–water partition coefficient (Wildman–Crippen LogP) is 3.62. The van der Waals surface area contributed by atoms with Gasteiger partial charge in [0, 0.05) is 36.4 Å². The lowest BCUT2D eigenvalue weighted by Gasteiger charge is -2.40. The Balaban J connectivity index is 0.000000186. The summed E-state index contributed by atoms with van der Waals surface area (Å²) in [6, 6.07) is 0. The van der Waals surface area contributed by atoms with Gasteiger partial charge < -0.3 is 19.0 Å². The van der Waals surface area contributed by atoms with E-state index in [1.54, 1.807) is 20.0 Å². The van der Waals surface area contributed by atoms with Gasteiger partial charge in [-0.05, 0) is 68.5 Å². The van der Waals surface area contributed by atoms with E-state index in [1.165, 1.54) is 15.3 Å². The van der Waals surface area contributed by atoms with Crippen LogP contribution in [0.1, 0.15) is 96.7 Å². The van der Waals surface area contributed by atoms with Crippen molar-refractivity contribution >= 4 is 8.32 Å². The Hall–Kier alpha value is -2.58. The Morgan fingerprint density at radius 2 is 1.24 bits per heavy atom. The van der Waals surface area contributed by atoms with Gasteiger partial charge in [-0.25, -0.2) is 9.59 Å². The highest BCUT2D eigenvalue weighted by molar-refractivity contribution is 6.74. The molecule has 0 bridgehead atoms. The van der Waals surface area contributed by atoms with E-state index >= 15 is 0 Å². The minimum absolute atomic E-state index is 0.0132. The van der Waals surface area contributed by atoms with Gasteiger partial charge in [0.25, 0.3) is 11.1 Å². The zero-order chi connectivity index (χ0) is 33.3. The summed E-state index contributed by atoms with van der Waals surface area (Å²) in [6.07, 6.45) is 6.74. The lowest BCUT2D eigenvalue weighted by Crippen LogP contribution is -2.47. The van der Waals surface area contributed by atoms with Crippen LogP contribution in [0.4, 0.5) is 0 Å². The summed E-state index contributed by atoms with van der Waals surface area (Å²) in [5, 5.41) is 10.2.